The molecule has 0 fully saturated rings. The Morgan fingerprint density at radius 1 is 1.18 bits per heavy atom. The van der Waals surface area contributed by atoms with E-state index in [0.29, 0.717) is 5.28 Å². The van der Waals surface area contributed by atoms with Gasteiger partial charge in [-0.3, -0.25) is 0 Å². The summed E-state index contributed by atoms with van der Waals surface area (Å²) in [6.45, 7) is 1.90. The molecule has 3 rings (SSSR count). The number of hydrogen-bond acceptors (Lipinski definition) is 3. The quantitative estimate of drug-likeness (QED) is 0.762. The van der Waals surface area contributed by atoms with Crippen molar-refractivity contribution in [1.82, 2.24) is 9.97 Å². The maximum absolute atomic E-state index is 5.67. The minimum atomic E-state index is 0.301. The highest BCUT2D eigenvalue weighted by molar-refractivity contribution is 6.28. The zero-order chi connectivity index (χ0) is 11.7. The number of fused-ring (bicyclic) bond motifs is 1. The highest BCUT2D eigenvalue weighted by Crippen LogP contribution is 2.28. The third-order valence-electron chi connectivity index (χ3n) is 3.03. The van der Waals surface area contributed by atoms with E-state index in [9.17, 15) is 0 Å². The Labute approximate surface area is 105 Å². The second-order valence-electron chi connectivity index (χ2n) is 4.16. The van der Waals surface area contributed by atoms with Crippen LogP contribution < -0.4 is 4.90 Å². The predicted molar refractivity (Wildman–Crippen MR) is 68.2 cm³/mol. The molecule has 86 valence electrons. The van der Waals surface area contributed by atoms with Crippen molar-refractivity contribution in [2.45, 2.75) is 13.0 Å². The van der Waals surface area contributed by atoms with E-state index >= 15 is 0 Å². The van der Waals surface area contributed by atoms with Gasteiger partial charge in [0.05, 0.1) is 0 Å². The maximum atomic E-state index is 5.67. The molecule has 2 aromatic rings. The average Bonchev–Trinajstić information content (AvgIpc) is 2.76. The molecule has 0 saturated heterocycles. The van der Waals surface area contributed by atoms with Crippen LogP contribution in [0, 0.1) is 0 Å². The minimum absolute atomic E-state index is 0.301. The summed E-state index contributed by atoms with van der Waals surface area (Å²) in [5, 5.41) is 0.301. The predicted octanol–water partition coefficient (Wildman–Crippen LogP) is 2.69. The van der Waals surface area contributed by atoms with E-state index in [1.54, 1.807) is 12.4 Å². The van der Waals surface area contributed by atoms with Crippen LogP contribution >= 0.6 is 11.6 Å². The molecule has 0 bridgehead atoms. The second-order valence-corrected chi connectivity index (χ2v) is 4.50. The topological polar surface area (TPSA) is 29.0 Å². The summed E-state index contributed by atoms with van der Waals surface area (Å²) in [5.74, 6) is 0. The molecular formula is C13H12ClN3. The minimum Gasteiger partial charge on any atom is -0.367 e. The van der Waals surface area contributed by atoms with Crippen molar-refractivity contribution in [2.75, 3.05) is 11.4 Å². The summed E-state index contributed by atoms with van der Waals surface area (Å²) in [6, 6.07) is 8.52. The van der Waals surface area contributed by atoms with E-state index in [1.165, 1.54) is 11.3 Å². The first kappa shape index (κ1) is 10.5. The Bertz CT molecular complexity index is 524. The van der Waals surface area contributed by atoms with Crippen LogP contribution in [0.2, 0.25) is 5.28 Å². The van der Waals surface area contributed by atoms with Gasteiger partial charge in [0, 0.05) is 36.7 Å². The van der Waals surface area contributed by atoms with Crippen LogP contribution in [0.4, 0.5) is 5.69 Å². The number of aromatic nitrogens is 2. The molecule has 0 saturated carbocycles. The average molecular weight is 246 g/mol. The molecule has 0 radical (unpaired) electrons. The van der Waals surface area contributed by atoms with E-state index < -0.39 is 0 Å². The smallest absolute Gasteiger partial charge is 0.222 e. The molecule has 0 amide bonds. The molecular weight excluding hydrogens is 234 g/mol. The third-order valence-corrected chi connectivity index (χ3v) is 3.23. The molecule has 0 unspecified atom stereocenters. The van der Waals surface area contributed by atoms with Gasteiger partial charge in [-0.25, -0.2) is 9.97 Å². The highest BCUT2D eigenvalue weighted by atomic mass is 35.5. The van der Waals surface area contributed by atoms with Crippen LogP contribution in [-0.4, -0.2) is 16.5 Å². The normalized spacial score (nSPS) is 13.8. The Morgan fingerprint density at radius 3 is 2.76 bits per heavy atom. The Morgan fingerprint density at radius 2 is 1.94 bits per heavy atom. The number of halogens is 1. The SMILES string of the molecule is Clc1ncc(CN2CCc3ccccc32)cn1. The molecule has 1 aromatic heterocycles. The summed E-state index contributed by atoms with van der Waals surface area (Å²) >= 11 is 5.67. The molecule has 0 spiro atoms. The number of para-hydroxylation sites is 1. The van der Waals surface area contributed by atoms with Crippen LogP contribution in [0.5, 0.6) is 0 Å². The first-order chi connectivity index (χ1) is 8.33. The fraction of sp³-hybridized carbons (Fsp3) is 0.231. The van der Waals surface area contributed by atoms with Crippen LogP contribution in [0.3, 0.4) is 0 Å². The molecule has 0 atom stereocenters. The van der Waals surface area contributed by atoms with Crippen LogP contribution in [0.1, 0.15) is 11.1 Å². The monoisotopic (exact) mass is 245 g/mol. The molecule has 1 aromatic carbocycles. The van der Waals surface area contributed by atoms with Crippen molar-refractivity contribution in [1.29, 1.82) is 0 Å². The van der Waals surface area contributed by atoms with Crippen molar-refractivity contribution >= 4 is 17.3 Å². The van der Waals surface area contributed by atoms with Gasteiger partial charge in [0.15, 0.2) is 0 Å². The molecule has 3 nitrogen and oxygen atoms in total. The fourth-order valence-electron chi connectivity index (χ4n) is 2.21. The van der Waals surface area contributed by atoms with Gasteiger partial charge in [0.2, 0.25) is 5.28 Å². The van der Waals surface area contributed by atoms with Gasteiger partial charge < -0.3 is 4.90 Å². The van der Waals surface area contributed by atoms with Crippen LogP contribution in [0.15, 0.2) is 36.7 Å². The van der Waals surface area contributed by atoms with Gasteiger partial charge in [0.25, 0.3) is 0 Å². The van der Waals surface area contributed by atoms with Crippen molar-refractivity contribution in [3.63, 3.8) is 0 Å². The highest BCUT2D eigenvalue weighted by Gasteiger charge is 2.18. The van der Waals surface area contributed by atoms with Crippen LogP contribution in [0.25, 0.3) is 0 Å². The number of anilines is 1. The Hall–Kier alpha value is -1.61. The lowest BCUT2D eigenvalue weighted by Gasteiger charge is -2.18. The molecule has 1 aliphatic heterocycles. The maximum Gasteiger partial charge on any atom is 0.222 e. The third kappa shape index (κ3) is 2.11. The van der Waals surface area contributed by atoms with E-state index in [1.807, 2.05) is 0 Å². The van der Waals surface area contributed by atoms with Crippen molar-refractivity contribution in [3.8, 4) is 0 Å². The summed E-state index contributed by atoms with van der Waals surface area (Å²) in [4.78, 5) is 10.4. The van der Waals surface area contributed by atoms with E-state index in [0.717, 1.165) is 25.1 Å². The van der Waals surface area contributed by atoms with E-state index in [4.69, 9.17) is 11.6 Å². The molecule has 1 aliphatic rings. The molecule has 2 heterocycles. The van der Waals surface area contributed by atoms with Gasteiger partial charge in [-0.05, 0) is 29.7 Å². The first-order valence-electron chi connectivity index (χ1n) is 5.62. The number of benzene rings is 1. The van der Waals surface area contributed by atoms with Crippen LogP contribution in [-0.2, 0) is 13.0 Å². The van der Waals surface area contributed by atoms with Crippen molar-refractivity contribution in [2.24, 2.45) is 0 Å². The summed E-state index contributed by atoms with van der Waals surface area (Å²) in [5.41, 5.74) is 3.83. The van der Waals surface area contributed by atoms with Gasteiger partial charge >= 0.3 is 0 Å². The fourth-order valence-corrected chi connectivity index (χ4v) is 2.31. The van der Waals surface area contributed by atoms with Crippen molar-refractivity contribution < 1.29 is 0 Å². The summed E-state index contributed by atoms with van der Waals surface area (Å²) in [7, 11) is 0. The Kier molecular flexibility index (Phi) is 2.69. The molecule has 0 N–H and O–H groups in total. The second kappa shape index (κ2) is 4.34. The Balaban J connectivity index is 1.81. The molecule has 4 heteroatoms. The largest absolute Gasteiger partial charge is 0.367 e. The number of rotatable bonds is 2. The van der Waals surface area contributed by atoms with Crippen molar-refractivity contribution in [3.05, 3.63) is 53.1 Å². The van der Waals surface area contributed by atoms with E-state index in [-0.39, 0.29) is 0 Å². The zero-order valence-electron chi connectivity index (χ0n) is 9.31. The van der Waals surface area contributed by atoms with Gasteiger partial charge in [0.1, 0.15) is 0 Å². The van der Waals surface area contributed by atoms with E-state index in [2.05, 4.69) is 39.1 Å². The lowest BCUT2D eigenvalue weighted by atomic mass is 10.2. The molecule has 0 aliphatic carbocycles. The van der Waals surface area contributed by atoms with Gasteiger partial charge in [-0.1, -0.05) is 18.2 Å². The first-order valence-corrected chi connectivity index (χ1v) is 6.00. The summed E-state index contributed by atoms with van der Waals surface area (Å²) in [6.07, 6.45) is 4.69. The summed E-state index contributed by atoms with van der Waals surface area (Å²) < 4.78 is 0. The standard InChI is InChI=1S/C13H12ClN3/c14-13-15-7-10(8-16-13)9-17-6-5-11-3-1-2-4-12(11)17/h1-4,7-8H,5-6,9H2. The molecule has 17 heavy (non-hydrogen) atoms. The zero-order valence-corrected chi connectivity index (χ0v) is 10.1. The lowest BCUT2D eigenvalue weighted by Crippen LogP contribution is -2.19. The number of nitrogens with zero attached hydrogens (tertiary/aromatic N) is 3. The lowest BCUT2D eigenvalue weighted by molar-refractivity contribution is 0.826. The van der Waals surface area contributed by atoms with Gasteiger partial charge in [-0.2, -0.15) is 0 Å². The van der Waals surface area contributed by atoms with Gasteiger partial charge in [-0.15, -0.1) is 0 Å². The number of hydrogen-bond donors (Lipinski definition) is 0.